The highest BCUT2D eigenvalue weighted by molar-refractivity contribution is 6.12. The SMILES string of the molecule is c1ccc(Nc2cc3nc4ccccc4nc3c3ccccc23)cc1. The van der Waals surface area contributed by atoms with Gasteiger partial charge in [0.15, 0.2) is 0 Å². The van der Waals surface area contributed by atoms with Crippen molar-refractivity contribution in [3.8, 4) is 0 Å². The van der Waals surface area contributed by atoms with E-state index in [-0.39, 0.29) is 0 Å². The molecule has 0 saturated carbocycles. The lowest BCUT2D eigenvalue weighted by atomic mass is 10.1. The Kier molecular flexibility index (Phi) is 3.10. The normalized spacial score (nSPS) is 11.2. The fraction of sp³-hybridized carbons (Fsp3) is 0. The molecule has 0 unspecified atom stereocenters. The van der Waals surface area contributed by atoms with Crippen molar-refractivity contribution in [3.63, 3.8) is 0 Å². The Hall–Kier alpha value is -3.46. The molecule has 118 valence electrons. The molecule has 5 aromatic rings. The largest absolute Gasteiger partial charge is 0.355 e. The van der Waals surface area contributed by atoms with Crippen molar-refractivity contribution < 1.29 is 0 Å². The van der Waals surface area contributed by atoms with Gasteiger partial charge in [0.05, 0.1) is 22.1 Å². The van der Waals surface area contributed by atoms with Gasteiger partial charge in [-0.25, -0.2) is 9.97 Å². The van der Waals surface area contributed by atoms with Crippen LogP contribution >= 0.6 is 0 Å². The zero-order valence-electron chi connectivity index (χ0n) is 13.5. The Morgan fingerprint density at radius 3 is 2.00 bits per heavy atom. The fourth-order valence-electron chi connectivity index (χ4n) is 3.23. The summed E-state index contributed by atoms with van der Waals surface area (Å²) in [6.45, 7) is 0. The predicted octanol–water partition coefficient (Wildman–Crippen LogP) is 5.68. The Morgan fingerprint density at radius 2 is 1.20 bits per heavy atom. The van der Waals surface area contributed by atoms with Crippen LogP contribution in [0.25, 0.3) is 32.8 Å². The van der Waals surface area contributed by atoms with E-state index >= 15 is 0 Å². The van der Waals surface area contributed by atoms with E-state index in [0.717, 1.165) is 44.2 Å². The lowest BCUT2D eigenvalue weighted by Gasteiger charge is -2.12. The van der Waals surface area contributed by atoms with E-state index in [0.29, 0.717) is 0 Å². The van der Waals surface area contributed by atoms with Gasteiger partial charge in [-0.05, 0) is 30.3 Å². The molecule has 0 radical (unpaired) electrons. The summed E-state index contributed by atoms with van der Waals surface area (Å²) >= 11 is 0. The van der Waals surface area contributed by atoms with E-state index in [2.05, 4.69) is 41.7 Å². The minimum Gasteiger partial charge on any atom is -0.355 e. The van der Waals surface area contributed by atoms with E-state index < -0.39 is 0 Å². The van der Waals surface area contributed by atoms with E-state index in [1.807, 2.05) is 48.5 Å². The Morgan fingerprint density at radius 1 is 0.560 bits per heavy atom. The van der Waals surface area contributed by atoms with Gasteiger partial charge in [-0.15, -0.1) is 0 Å². The van der Waals surface area contributed by atoms with Crippen LogP contribution in [0.2, 0.25) is 0 Å². The predicted molar refractivity (Wildman–Crippen MR) is 104 cm³/mol. The number of hydrogen-bond acceptors (Lipinski definition) is 3. The van der Waals surface area contributed by atoms with Gasteiger partial charge >= 0.3 is 0 Å². The number of nitrogens with one attached hydrogen (secondary N) is 1. The molecule has 0 aliphatic heterocycles. The summed E-state index contributed by atoms with van der Waals surface area (Å²) in [5, 5.41) is 5.77. The molecule has 4 aromatic carbocycles. The van der Waals surface area contributed by atoms with Gasteiger partial charge in [0.1, 0.15) is 0 Å². The quantitative estimate of drug-likeness (QED) is 0.336. The number of para-hydroxylation sites is 3. The molecule has 25 heavy (non-hydrogen) atoms. The average molecular weight is 321 g/mol. The molecule has 0 aliphatic rings. The number of nitrogens with zero attached hydrogens (tertiary/aromatic N) is 2. The highest BCUT2D eigenvalue weighted by atomic mass is 14.9. The Labute approximate surface area is 145 Å². The molecule has 5 rings (SSSR count). The maximum absolute atomic E-state index is 4.86. The molecule has 1 N–H and O–H groups in total. The van der Waals surface area contributed by atoms with Crippen LogP contribution in [0.3, 0.4) is 0 Å². The number of anilines is 2. The standard InChI is InChI=1S/C22H15N3/c1-2-8-15(9-3-1)23-20-14-21-22(17-11-5-4-10-16(17)20)25-19-13-7-6-12-18(19)24-21/h1-14,23H. The second-order valence-corrected chi connectivity index (χ2v) is 6.04. The number of aromatic nitrogens is 2. The Bertz CT molecular complexity index is 1210. The molecule has 0 bridgehead atoms. The summed E-state index contributed by atoms with van der Waals surface area (Å²) in [5.74, 6) is 0. The first kappa shape index (κ1) is 13.9. The van der Waals surface area contributed by atoms with Crippen LogP contribution in [0.4, 0.5) is 11.4 Å². The number of fused-ring (bicyclic) bond motifs is 4. The third-order valence-electron chi connectivity index (χ3n) is 4.40. The number of rotatable bonds is 2. The molecule has 0 amide bonds. The van der Waals surface area contributed by atoms with Gasteiger partial charge in [0, 0.05) is 22.1 Å². The minimum atomic E-state index is 0.899. The number of benzene rings is 4. The average Bonchev–Trinajstić information content (AvgIpc) is 2.68. The lowest BCUT2D eigenvalue weighted by molar-refractivity contribution is 1.40. The van der Waals surface area contributed by atoms with Crippen molar-refractivity contribution in [2.75, 3.05) is 5.32 Å². The van der Waals surface area contributed by atoms with Crippen molar-refractivity contribution in [1.82, 2.24) is 9.97 Å². The van der Waals surface area contributed by atoms with E-state index in [4.69, 9.17) is 9.97 Å². The number of hydrogen-bond donors (Lipinski definition) is 1. The van der Waals surface area contributed by atoms with Crippen LogP contribution in [0.5, 0.6) is 0 Å². The molecule has 0 aliphatic carbocycles. The van der Waals surface area contributed by atoms with Crippen LogP contribution in [0, 0.1) is 0 Å². The van der Waals surface area contributed by atoms with E-state index in [1.54, 1.807) is 0 Å². The van der Waals surface area contributed by atoms with Crippen molar-refractivity contribution in [3.05, 3.63) is 84.9 Å². The van der Waals surface area contributed by atoms with E-state index in [1.165, 1.54) is 0 Å². The summed E-state index contributed by atoms with van der Waals surface area (Å²) in [6, 6.07) is 28.6. The topological polar surface area (TPSA) is 37.8 Å². The van der Waals surface area contributed by atoms with Crippen molar-refractivity contribution in [2.24, 2.45) is 0 Å². The zero-order valence-corrected chi connectivity index (χ0v) is 13.5. The first-order valence-corrected chi connectivity index (χ1v) is 8.29. The first-order valence-electron chi connectivity index (χ1n) is 8.29. The molecule has 0 atom stereocenters. The third kappa shape index (κ3) is 2.37. The van der Waals surface area contributed by atoms with Crippen LogP contribution in [-0.2, 0) is 0 Å². The van der Waals surface area contributed by atoms with E-state index in [9.17, 15) is 0 Å². The third-order valence-corrected chi connectivity index (χ3v) is 4.40. The van der Waals surface area contributed by atoms with Crippen molar-refractivity contribution in [1.29, 1.82) is 0 Å². The van der Waals surface area contributed by atoms with Crippen LogP contribution in [0.1, 0.15) is 0 Å². The van der Waals surface area contributed by atoms with Crippen LogP contribution in [0.15, 0.2) is 84.9 Å². The first-order chi connectivity index (χ1) is 12.4. The monoisotopic (exact) mass is 321 g/mol. The maximum atomic E-state index is 4.86. The van der Waals surface area contributed by atoms with Crippen molar-refractivity contribution >= 4 is 44.2 Å². The Balaban J connectivity index is 1.82. The minimum absolute atomic E-state index is 0.899. The molecule has 3 heteroatoms. The maximum Gasteiger partial charge on any atom is 0.0974 e. The summed E-state index contributed by atoms with van der Waals surface area (Å²) in [5.41, 5.74) is 5.77. The molecule has 1 aromatic heterocycles. The summed E-state index contributed by atoms with van der Waals surface area (Å²) < 4.78 is 0. The molecule has 0 saturated heterocycles. The van der Waals surface area contributed by atoms with Gasteiger partial charge < -0.3 is 5.32 Å². The second kappa shape index (κ2) is 5.56. The molecule has 0 spiro atoms. The summed E-state index contributed by atoms with van der Waals surface area (Å²) in [6.07, 6.45) is 0. The zero-order chi connectivity index (χ0) is 16.6. The molecule has 1 heterocycles. The summed E-state index contributed by atoms with van der Waals surface area (Å²) in [7, 11) is 0. The molecule has 3 nitrogen and oxygen atoms in total. The van der Waals surface area contributed by atoms with Gasteiger partial charge in [-0.1, -0.05) is 54.6 Å². The smallest absolute Gasteiger partial charge is 0.0974 e. The van der Waals surface area contributed by atoms with Crippen molar-refractivity contribution in [2.45, 2.75) is 0 Å². The van der Waals surface area contributed by atoms with Crippen LogP contribution < -0.4 is 5.32 Å². The summed E-state index contributed by atoms with van der Waals surface area (Å²) in [4.78, 5) is 9.69. The van der Waals surface area contributed by atoms with Gasteiger partial charge in [-0.2, -0.15) is 0 Å². The fourth-order valence-corrected chi connectivity index (χ4v) is 3.23. The highest BCUT2D eigenvalue weighted by Crippen LogP contribution is 2.32. The van der Waals surface area contributed by atoms with Gasteiger partial charge in [0.25, 0.3) is 0 Å². The van der Waals surface area contributed by atoms with Gasteiger partial charge in [-0.3, -0.25) is 0 Å². The molecular weight excluding hydrogens is 306 g/mol. The van der Waals surface area contributed by atoms with Gasteiger partial charge in [0.2, 0.25) is 0 Å². The van der Waals surface area contributed by atoms with Crippen LogP contribution in [-0.4, -0.2) is 9.97 Å². The lowest BCUT2D eigenvalue weighted by Crippen LogP contribution is -1.95. The second-order valence-electron chi connectivity index (χ2n) is 6.04. The molecule has 0 fully saturated rings. The molecular formula is C22H15N3. The highest BCUT2D eigenvalue weighted by Gasteiger charge is 2.10.